The summed E-state index contributed by atoms with van der Waals surface area (Å²) in [5.41, 5.74) is 3.29. The second kappa shape index (κ2) is 4.33. The molecule has 0 bridgehead atoms. The number of aryl methyl sites for hydroxylation is 1. The van der Waals surface area contributed by atoms with E-state index in [0.29, 0.717) is 0 Å². The van der Waals surface area contributed by atoms with Gasteiger partial charge in [-0.05, 0) is 18.2 Å². The van der Waals surface area contributed by atoms with Crippen LogP contribution < -0.4 is 0 Å². The summed E-state index contributed by atoms with van der Waals surface area (Å²) in [5.74, 6) is 0.844. The first-order valence-electron chi connectivity index (χ1n) is 4.61. The van der Waals surface area contributed by atoms with E-state index in [9.17, 15) is 0 Å². The van der Waals surface area contributed by atoms with E-state index in [1.54, 1.807) is 0 Å². The second-order valence-corrected chi connectivity index (χ2v) is 3.57. The van der Waals surface area contributed by atoms with Gasteiger partial charge in [0.25, 0.3) is 0 Å². The van der Waals surface area contributed by atoms with Crippen molar-refractivity contribution < 1.29 is 0 Å². The van der Waals surface area contributed by atoms with Crippen LogP contribution in [-0.4, -0.2) is 16.0 Å². The number of benzene rings is 1. The smallest absolute Gasteiger partial charge is 0.0923 e. The summed E-state index contributed by atoms with van der Waals surface area (Å²) >= 11 is 4.18. The molecule has 0 aliphatic carbocycles. The molecule has 0 spiro atoms. The number of H-pyrrole nitrogens is 1. The Morgan fingerprint density at radius 2 is 2.00 bits per heavy atom. The highest BCUT2D eigenvalue weighted by atomic mass is 32.1. The van der Waals surface area contributed by atoms with Gasteiger partial charge in [0.15, 0.2) is 0 Å². The molecule has 0 unspecified atom stereocenters. The van der Waals surface area contributed by atoms with Crippen molar-refractivity contribution >= 4 is 12.6 Å². The summed E-state index contributed by atoms with van der Waals surface area (Å²) in [4.78, 5) is 0. The van der Waals surface area contributed by atoms with Gasteiger partial charge in [0.2, 0.25) is 0 Å². The van der Waals surface area contributed by atoms with Crippen LogP contribution in [-0.2, 0) is 6.42 Å². The third-order valence-corrected chi connectivity index (χ3v) is 2.31. The quantitative estimate of drug-likeness (QED) is 0.739. The zero-order chi connectivity index (χ0) is 9.80. The minimum atomic E-state index is 0.844. The first kappa shape index (κ1) is 9.34. The minimum Gasteiger partial charge on any atom is -0.282 e. The van der Waals surface area contributed by atoms with Gasteiger partial charge in [-0.25, -0.2) is 0 Å². The number of nitrogens with zero attached hydrogens (tertiary/aromatic N) is 1. The molecule has 3 heteroatoms. The highest BCUT2D eigenvalue weighted by molar-refractivity contribution is 7.80. The number of nitrogens with one attached hydrogen (secondary N) is 1. The molecule has 0 aliphatic rings. The fraction of sp³-hybridized carbons (Fsp3) is 0.182. The van der Waals surface area contributed by atoms with Gasteiger partial charge < -0.3 is 0 Å². The van der Waals surface area contributed by atoms with Gasteiger partial charge in [0.05, 0.1) is 5.69 Å². The summed E-state index contributed by atoms with van der Waals surface area (Å²) in [6.07, 6.45) is 0.933. The van der Waals surface area contributed by atoms with Gasteiger partial charge in [0.1, 0.15) is 0 Å². The Kier molecular flexibility index (Phi) is 2.89. The Morgan fingerprint density at radius 1 is 1.21 bits per heavy atom. The second-order valence-electron chi connectivity index (χ2n) is 3.12. The van der Waals surface area contributed by atoms with Crippen molar-refractivity contribution in [1.29, 1.82) is 0 Å². The van der Waals surface area contributed by atoms with E-state index in [1.807, 2.05) is 18.2 Å². The standard InChI is InChI=1S/C11H12N2S/c14-7-6-10-8-11(13-12-10)9-4-2-1-3-5-9/h1-5,8,14H,6-7H2,(H,12,13). The maximum Gasteiger partial charge on any atom is 0.0923 e. The number of thiol groups is 1. The zero-order valence-corrected chi connectivity index (χ0v) is 8.67. The van der Waals surface area contributed by atoms with Gasteiger partial charge in [-0.1, -0.05) is 30.3 Å². The van der Waals surface area contributed by atoms with E-state index in [2.05, 4.69) is 41.0 Å². The average molecular weight is 204 g/mol. The van der Waals surface area contributed by atoms with Crippen LogP contribution in [0.3, 0.4) is 0 Å². The fourth-order valence-electron chi connectivity index (χ4n) is 1.37. The van der Waals surface area contributed by atoms with Crippen LogP contribution in [0.15, 0.2) is 36.4 Å². The SMILES string of the molecule is SCCc1cc(-c2ccccc2)n[nH]1. The van der Waals surface area contributed by atoms with Crippen LogP contribution >= 0.6 is 12.6 Å². The molecule has 0 radical (unpaired) electrons. The van der Waals surface area contributed by atoms with Crippen LogP contribution in [0.5, 0.6) is 0 Å². The summed E-state index contributed by atoms with van der Waals surface area (Å²) in [6.45, 7) is 0. The molecule has 2 rings (SSSR count). The third-order valence-electron chi connectivity index (χ3n) is 2.08. The van der Waals surface area contributed by atoms with Crippen molar-refractivity contribution in [3.63, 3.8) is 0 Å². The summed E-state index contributed by atoms with van der Waals surface area (Å²) in [6, 6.07) is 12.2. The van der Waals surface area contributed by atoms with E-state index < -0.39 is 0 Å². The van der Waals surface area contributed by atoms with Crippen LogP contribution in [0.25, 0.3) is 11.3 Å². The van der Waals surface area contributed by atoms with Gasteiger partial charge in [-0.2, -0.15) is 17.7 Å². The molecule has 1 aromatic heterocycles. The molecule has 2 aromatic rings. The topological polar surface area (TPSA) is 28.7 Å². The first-order valence-corrected chi connectivity index (χ1v) is 5.24. The predicted molar refractivity (Wildman–Crippen MR) is 61.6 cm³/mol. The highest BCUT2D eigenvalue weighted by Gasteiger charge is 2.01. The van der Waals surface area contributed by atoms with Crippen LogP contribution in [0.2, 0.25) is 0 Å². The molecule has 1 N–H and O–H groups in total. The molecule has 0 amide bonds. The molecule has 0 atom stereocenters. The van der Waals surface area contributed by atoms with Crippen molar-refractivity contribution in [2.24, 2.45) is 0 Å². The van der Waals surface area contributed by atoms with E-state index >= 15 is 0 Å². The molecule has 0 saturated carbocycles. The predicted octanol–water partition coefficient (Wildman–Crippen LogP) is 2.55. The van der Waals surface area contributed by atoms with Crippen molar-refractivity contribution in [1.82, 2.24) is 10.2 Å². The molecule has 0 aliphatic heterocycles. The first-order chi connectivity index (χ1) is 6.90. The van der Waals surface area contributed by atoms with Gasteiger partial charge in [-0.15, -0.1) is 0 Å². The third kappa shape index (κ3) is 1.99. The summed E-state index contributed by atoms with van der Waals surface area (Å²) in [7, 11) is 0. The molecule has 0 fully saturated rings. The Labute approximate surface area is 88.8 Å². The molecule has 0 saturated heterocycles. The van der Waals surface area contributed by atoms with Crippen molar-refractivity contribution in [2.75, 3.05) is 5.75 Å². The van der Waals surface area contributed by atoms with Gasteiger partial charge in [0, 0.05) is 11.3 Å². The zero-order valence-electron chi connectivity index (χ0n) is 7.77. The van der Waals surface area contributed by atoms with Crippen LogP contribution in [0, 0.1) is 0 Å². The molecule has 14 heavy (non-hydrogen) atoms. The maximum atomic E-state index is 4.25. The fourth-order valence-corrected chi connectivity index (χ4v) is 1.61. The molecular weight excluding hydrogens is 192 g/mol. The van der Waals surface area contributed by atoms with Crippen LogP contribution in [0.1, 0.15) is 5.69 Å². The Bertz CT molecular complexity index is 395. The lowest BCUT2D eigenvalue weighted by Gasteiger charge is -1.92. The molecule has 72 valence electrons. The Hall–Kier alpha value is -1.22. The van der Waals surface area contributed by atoms with Crippen molar-refractivity contribution in [3.05, 3.63) is 42.1 Å². The number of rotatable bonds is 3. The summed E-state index contributed by atoms with van der Waals surface area (Å²) in [5, 5.41) is 7.25. The van der Waals surface area contributed by atoms with Crippen molar-refractivity contribution in [2.45, 2.75) is 6.42 Å². The number of aromatic amines is 1. The lowest BCUT2D eigenvalue weighted by molar-refractivity contribution is 0.984. The summed E-state index contributed by atoms with van der Waals surface area (Å²) < 4.78 is 0. The maximum absolute atomic E-state index is 4.25. The lowest BCUT2D eigenvalue weighted by Crippen LogP contribution is -1.84. The molecule has 1 heterocycles. The van der Waals surface area contributed by atoms with E-state index in [0.717, 1.165) is 29.1 Å². The van der Waals surface area contributed by atoms with E-state index in [1.165, 1.54) is 0 Å². The Morgan fingerprint density at radius 3 is 2.71 bits per heavy atom. The molecule has 1 aromatic carbocycles. The average Bonchev–Trinajstić information content (AvgIpc) is 2.68. The van der Waals surface area contributed by atoms with Gasteiger partial charge >= 0.3 is 0 Å². The van der Waals surface area contributed by atoms with Crippen molar-refractivity contribution in [3.8, 4) is 11.3 Å². The normalized spacial score (nSPS) is 10.4. The van der Waals surface area contributed by atoms with E-state index in [4.69, 9.17) is 0 Å². The molecular formula is C11H12N2S. The molecule has 2 nitrogen and oxygen atoms in total. The van der Waals surface area contributed by atoms with Crippen LogP contribution in [0.4, 0.5) is 0 Å². The largest absolute Gasteiger partial charge is 0.282 e. The van der Waals surface area contributed by atoms with E-state index in [-0.39, 0.29) is 0 Å². The highest BCUT2D eigenvalue weighted by Crippen LogP contribution is 2.16. The number of hydrogen-bond donors (Lipinski definition) is 2. The monoisotopic (exact) mass is 204 g/mol. The number of hydrogen-bond acceptors (Lipinski definition) is 2. The Balaban J connectivity index is 2.25. The lowest BCUT2D eigenvalue weighted by atomic mass is 10.1. The van der Waals surface area contributed by atoms with Gasteiger partial charge in [-0.3, -0.25) is 5.10 Å². The minimum absolute atomic E-state index is 0.844. The number of aromatic nitrogens is 2.